The molecule has 2 rings (SSSR count). The van der Waals surface area contributed by atoms with Gasteiger partial charge < -0.3 is 15.6 Å². The molecule has 0 spiro atoms. The van der Waals surface area contributed by atoms with Gasteiger partial charge in [0.1, 0.15) is 0 Å². The highest BCUT2D eigenvalue weighted by molar-refractivity contribution is 7.91. The number of aromatic nitrogens is 2. The van der Waals surface area contributed by atoms with E-state index >= 15 is 0 Å². The zero-order valence-corrected chi connectivity index (χ0v) is 11.9. The molecule has 0 amide bonds. The first-order valence-corrected chi connectivity index (χ1v) is 8.11. The molecule has 19 heavy (non-hydrogen) atoms. The maximum atomic E-state index is 12.2. The summed E-state index contributed by atoms with van der Waals surface area (Å²) in [7, 11) is -3.59. The monoisotopic (exact) mass is 308 g/mol. The Hall–Kier alpha value is -0.810. The van der Waals surface area contributed by atoms with Crippen LogP contribution in [-0.2, 0) is 14.8 Å². The predicted molar refractivity (Wildman–Crippen MR) is 69.1 cm³/mol. The fraction of sp³-hybridized carbons (Fsp3) is 0.778. The SMILES string of the molecule is Nc1nnc(S(=O)(=O)N2CCC(OCCO)CC2)s1. The number of piperidine rings is 1. The number of nitrogens with two attached hydrogens (primary N) is 1. The highest BCUT2D eigenvalue weighted by atomic mass is 32.2. The molecule has 2 heterocycles. The lowest BCUT2D eigenvalue weighted by atomic mass is 10.1. The highest BCUT2D eigenvalue weighted by Crippen LogP contribution is 2.24. The van der Waals surface area contributed by atoms with Crippen molar-refractivity contribution in [1.29, 1.82) is 0 Å². The molecule has 8 nitrogen and oxygen atoms in total. The fourth-order valence-corrected chi connectivity index (χ4v) is 4.29. The van der Waals surface area contributed by atoms with E-state index in [4.69, 9.17) is 15.6 Å². The predicted octanol–water partition coefficient (Wildman–Crippen LogP) is -0.718. The van der Waals surface area contributed by atoms with Gasteiger partial charge in [-0.25, -0.2) is 8.42 Å². The van der Waals surface area contributed by atoms with Gasteiger partial charge in [-0.2, -0.15) is 4.31 Å². The summed E-state index contributed by atoms with van der Waals surface area (Å²) in [4.78, 5) is 0. The van der Waals surface area contributed by atoms with Crippen molar-refractivity contribution in [2.24, 2.45) is 0 Å². The zero-order chi connectivity index (χ0) is 13.9. The van der Waals surface area contributed by atoms with Gasteiger partial charge in [-0.05, 0) is 12.8 Å². The summed E-state index contributed by atoms with van der Waals surface area (Å²) in [6.45, 7) is 1.00. The molecule has 1 aromatic heterocycles. The highest BCUT2D eigenvalue weighted by Gasteiger charge is 2.32. The summed E-state index contributed by atoms with van der Waals surface area (Å²) in [5.74, 6) is 0. The van der Waals surface area contributed by atoms with Crippen LogP contribution in [0.1, 0.15) is 12.8 Å². The summed E-state index contributed by atoms with van der Waals surface area (Å²) in [5.41, 5.74) is 5.40. The first-order chi connectivity index (χ1) is 9.04. The topological polar surface area (TPSA) is 119 Å². The van der Waals surface area contributed by atoms with E-state index in [1.807, 2.05) is 0 Å². The lowest BCUT2D eigenvalue weighted by molar-refractivity contribution is 0.00318. The number of anilines is 1. The Morgan fingerprint density at radius 2 is 2.11 bits per heavy atom. The summed E-state index contributed by atoms with van der Waals surface area (Å²) < 4.78 is 31.1. The van der Waals surface area contributed by atoms with E-state index in [-0.39, 0.29) is 28.8 Å². The molecular formula is C9H16N4O4S2. The van der Waals surface area contributed by atoms with E-state index in [0.717, 1.165) is 11.3 Å². The van der Waals surface area contributed by atoms with Crippen molar-refractivity contribution in [2.75, 3.05) is 32.0 Å². The van der Waals surface area contributed by atoms with Crippen molar-refractivity contribution in [3.63, 3.8) is 0 Å². The number of nitrogen functional groups attached to an aromatic ring is 1. The van der Waals surface area contributed by atoms with Crippen LogP contribution in [-0.4, -0.2) is 60.4 Å². The summed E-state index contributed by atoms with van der Waals surface area (Å²) >= 11 is 0.865. The molecule has 0 unspecified atom stereocenters. The number of sulfonamides is 1. The first-order valence-electron chi connectivity index (χ1n) is 5.85. The van der Waals surface area contributed by atoms with Gasteiger partial charge in [0, 0.05) is 13.1 Å². The second-order valence-electron chi connectivity index (χ2n) is 4.10. The van der Waals surface area contributed by atoms with Crippen LogP contribution in [0.25, 0.3) is 0 Å². The standard InChI is InChI=1S/C9H16N4O4S2/c10-8-11-12-9(18-8)19(15,16)13-3-1-7(2-4-13)17-6-5-14/h7,14H,1-6H2,(H2,10,11). The van der Waals surface area contributed by atoms with Crippen molar-refractivity contribution in [3.05, 3.63) is 0 Å². The molecule has 1 aliphatic rings. The van der Waals surface area contributed by atoms with Crippen LogP contribution in [0, 0.1) is 0 Å². The maximum absolute atomic E-state index is 12.2. The molecule has 0 aliphatic carbocycles. The number of hydrogen-bond donors (Lipinski definition) is 2. The molecule has 0 bridgehead atoms. The van der Waals surface area contributed by atoms with E-state index in [1.165, 1.54) is 4.31 Å². The number of aliphatic hydroxyl groups is 1. The maximum Gasteiger partial charge on any atom is 0.272 e. The molecule has 1 saturated heterocycles. The number of hydrogen-bond acceptors (Lipinski definition) is 8. The van der Waals surface area contributed by atoms with E-state index < -0.39 is 10.0 Å². The minimum Gasteiger partial charge on any atom is -0.394 e. The van der Waals surface area contributed by atoms with E-state index in [2.05, 4.69) is 10.2 Å². The van der Waals surface area contributed by atoms with Gasteiger partial charge in [-0.15, -0.1) is 10.2 Å². The zero-order valence-electron chi connectivity index (χ0n) is 10.2. The van der Waals surface area contributed by atoms with E-state index in [1.54, 1.807) is 0 Å². The van der Waals surface area contributed by atoms with Crippen LogP contribution in [0.2, 0.25) is 0 Å². The molecule has 0 atom stereocenters. The van der Waals surface area contributed by atoms with Crippen LogP contribution < -0.4 is 5.73 Å². The minimum atomic E-state index is -3.59. The molecule has 0 saturated carbocycles. The Morgan fingerprint density at radius 3 is 2.63 bits per heavy atom. The van der Waals surface area contributed by atoms with Crippen molar-refractivity contribution in [2.45, 2.75) is 23.3 Å². The van der Waals surface area contributed by atoms with Crippen LogP contribution in [0.3, 0.4) is 0 Å². The summed E-state index contributed by atoms with van der Waals surface area (Å²) in [6, 6.07) is 0. The van der Waals surface area contributed by atoms with Gasteiger partial charge in [0.05, 0.1) is 19.3 Å². The third-order valence-electron chi connectivity index (χ3n) is 2.83. The third kappa shape index (κ3) is 3.39. The Kier molecular flexibility index (Phi) is 4.68. The van der Waals surface area contributed by atoms with Crippen molar-refractivity contribution in [1.82, 2.24) is 14.5 Å². The lowest BCUT2D eigenvalue weighted by Gasteiger charge is -2.30. The average molecular weight is 308 g/mol. The second kappa shape index (κ2) is 6.09. The van der Waals surface area contributed by atoms with Gasteiger partial charge in [0.25, 0.3) is 10.0 Å². The van der Waals surface area contributed by atoms with Gasteiger partial charge in [0.15, 0.2) is 0 Å². The largest absolute Gasteiger partial charge is 0.394 e. The molecule has 0 aromatic carbocycles. The van der Waals surface area contributed by atoms with Gasteiger partial charge in [-0.1, -0.05) is 11.3 Å². The minimum absolute atomic E-state index is 0.00177. The molecular weight excluding hydrogens is 292 g/mol. The Morgan fingerprint density at radius 1 is 1.42 bits per heavy atom. The van der Waals surface area contributed by atoms with Crippen LogP contribution in [0.4, 0.5) is 5.13 Å². The molecule has 1 aromatic rings. The Balaban J connectivity index is 1.97. The van der Waals surface area contributed by atoms with Gasteiger partial charge in [-0.3, -0.25) is 0 Å². The Bertz CT molecular complexity index is 510. The van der Waals surface area contributed by atoms with Crippen LogP contribution in [0.15, 0.2) is 4.34 Å². The van der Waals surface area contributed by atoms with Gasteiger partial charge in [0.2, 0.25) is 9.47 Å². The number of ether oxygens (including phenoxy) is 1. The number of rotatable bonds is 5. The molecule has 3 N–H and O–H groups in total. The first kappa shape index (κ1) is 14.6. The normalized spacial score (nSPS) is 18.8. The molecule has 0 radical (unpaired) electrons. The quantitative estimate of drug-likeness (QED) is 0.737. The third-order valence-corrected chi connectivity index (χ3v) is 5.83. The Labute approximate surface area is 115 Å². The smallest absolute Gasteiger partial charge is 0.272 e. The molecule has 108 valence electrons. The van der Waals surface area contributed by atoms with Crippen molar-refractivity contribution < 1.29 is 18.3 Å². The summed E-state index contributed by atoms with van der Waals surface area (Å²) in [5, 5.41) is 15.9. The van der Waals surface area contributed by atoms with Gasteiger partial charge >= 0.3 is 0 Å². The molecule has 1 fully saturated rings. The van der Waals surface area contributed by atoms with Crippen molar-refractivity contribution in [3.8, 4) is 0 Å². The van der Waals surface area contributed by atoms with Crippen LogP contribution in [0.5, 0.6) is 0 Å². The fourth-order valence-electron chi connectivity index (χ4n) is 1.89. The molecule has 1 aliphatic heterocycles. The average Bonchev–Trinajstić information content (AvgIpc) is 2.84. The van der Waals surface area contributed by atoms with Crippen LogP contribution >= 0.6 is 11.3 Å². The van der Waals surface area contributed by atoms with Crippen molar-refractivity contribution >= 4 is 26.5 Å². The molecule has 10 heteroatoms. The second-order valence-corrected chi connectivity index (χ2v) is 7.22. The lowest BCUT2D eigenvalue weighted by Crippen LogP contribution is -2.41. The number of nitrogens with zero attached hydrogens (tertiary/aromatic N) is 3. The number of aliphatic hydroxyl groups excluding tert-OH is 1. The summed E-state index contributed by atoms with van der Waals surface area (Å²) in [6.07, 6.45) is 1.21. The van der Waals surface area contributed by atoms with E-state index in [9.17, 15) is 8.42 Å². The van der Waals surface area contributed by atoms with E-state index in [0.29, 0.717) is 25.9 Å².